The van der Waals surface area contributed by atoms with E-state index in [1.54, 1.807) is 23.4 Å². The molecule has 0 saturated carbocycles. The zero-order valence-corrected chi connectivity index (χ0v) is 22.0. The molecular formula is C28H31N5O3S. The Morgan fingerprint density at radius 2 is 1.78 bits per heavy atom. The van der Waals surface area contributed by atoms with E-state index >= 15 is 0 Å². The van der Waals surface area contributed by atoms with Crippen LogP contribution in [0.5, 0.6) is 5.75 Å². The van der Waals surface area contributed by atoms with Gasteiger partial charge in [-0.05, 0) is 56.4 Å². The van der Waals surface area contributed by atoms with Gasteiger partial charge in [0.25, 0.3) is 5.91 Å². The first-order chi connectivity index (χ1) is 18.0. The summed E-state index contributed by atoms with van der Waals surface area (Å²) in [5.74, 6) is 1.97. The highest BCUT2D eigenvalue weighted by Crippen LogP contribution is 2.37. The number of carbonyl (C=O) groups excluding carboxylic acids is 2. The van der Waals surface area contributed by atoms with E-state index in [4.69, 9.17) is 9.84 Å². The number of nitrogens with zero attached hydrogens (tertiary/aromatic N) is 4. The fourth-order valence-corrected chi connectivity index (χ4v) is 5.59. The maximum absolute atomic E-state index is 12.7. The predicted octanol–water partition coefficient (Wildman–Crippen LogP) is 4.84. The lowest BCUT2D eigenvalue weighted by Gasteiger charge is -2.28. The molecule has 8 nitrogen and oxygen atoms in total. The van der Waals surface area contributed by atoms with E-state index in [0.717, 1.165) is 42.9 Å². The van der Waals surface area contributed by atoms with E-state index in [2.05, 4.69) is 22.4 Å². The van der Waals surface area contributed by atoms with Gasteiger partial charge in [-0.15, -0.1) is 5.10 Å². The molecule has 0 bridgehead atoms. The number of hydrogen-bond donors (Lipinski definition) is 1. The number of anilines is 1. The van der Waals surface area contributed by atoms with E-state index in [9.17, 15) is 9.59 Å². The van der Waals surface area contributed by atoms with Gasteiger partial charge in [-0.1, -0.05) is 54.2 Å². The third-order valence-electron chi connectivity index (χ3n) is 6.69. The van der Waals surface area contributed by atoms with Crippen LogP contribution in [0.3, 0.4) is 0 Å². The number of aromatic nitrogens is 3. The van der Waals surface area contributed by atoms with Crippen molar-refractivity contribution in [3.8, 4) is 5.75 Å². The van der Waals surface area contributed by atoms with E-state index in [0.29, 0.717) is 22.4 Å². The molecule has 1 atom stereocenters. The van der Waals surface area contributed by atoms with Crippen molar-refractivity contribution in [1.82, 2.24) is 19.7 Å². The van der Waals surface area contributed by atoms with Gasteiger partial charge in [0.1, 0.15) is 11.8 Å². The van der Waals surface area contributed by atoms with Gasteiger partial charge in [-0.25, -0.2) is 4.68 Å². The molecule has 0 spiro atoms. The summed E-state index contributed by atoms with van der Waals surface area (Å²) in [6, 6.07) is 17.3. The van der Waals surface area contributed by atoms with Crippen molar-refractivity contribution in [3.05, 3.63) is 77.0 Å². The molecule has 1 unspecified atom stereocenters. The summed E-state index contributed by atoms with van der Waals surface area (Å²) in [7, 11) is 0. The first kappa shape index (κ1) is 25.1. The van der Waals surface area contributed by atoms with Gasteiger partial charge in [-0.2, -0.15) is 4.98 Å². The highest BCUT2D eigenvalue weighted by atomic mass is 32.2. The molecule has 1 aromatic heterocycles. The number of likely N-dealkylation sites (tertiary alicyclic amines) is 1. The molecule has 192 valence electrons. The summed E-state index contributed by atoms with van der Waals surface area (Å²) in [5.41, 5.74) is 3.50. The third-order valence-corrected chi connectivity index (χ3v) is 7.60. The molecule has 1 fully saturated rings. The minimum absolute atomic E-state index is 0.0207. The molecule has 1 amide bonds. The Balaban J connectivity index is 1.33. The number of nitrogens with one attached hydrogen (secondary N) is 1. The normalized spacial score (nSPS) is 17.2. The van der Waals surface area contributed by atoms with Crippen LogP contribution in [0.2, 0.25) is 0 Å². The Kier molecular flexibility index (Phi) is 7.60. The van der Waals surface area contributed by atoms with Crippen LogP contribution in [0.1, 0.15) is 50.3 Å². The highest BCUT2D eigenvalue weighted by molar-refractivity contribution is 7.98. The van der Waals surface area contributed by atoms with Gasteiger partial charge < -0.3 is 15.0 Å². The van der Waals surface area contributed by atoms with Crippen LogP contribution in [0, 0.1) is 0 Å². The standard InChI is InChI=1S/C28H31N5O3S/c1-19-25(20(2)34)26(33-27(29-19)30-28(31-33)37-18-21-9-5-3-6-10-21)22-11-13-23(14-12-22)36-17-24(35)32-15-7-4-8-16-32/h3,5-6,9-14,26H,4,7-8,15-18H2,1-2H3,(H,29,30,31). The number of carbonyl (C=O) groups is 2. The lowest BCUT2D eigenvalue weighted by molar-refractivity contribution is -0.134. The number of ether oxygens (including phenoxy) is 1. The molecule has 5 rings (SSSR count). The summed E-state index contributed by atoms with van der Waals surface area (Å²) in [6.45, 7) is 5.11. The van der Waals surface area contributed by atoms with Crippen LogP contribution in [0.15, 0.2) is 71.0 Å². The minimum atomic E-state index is -0.406. The highest BCUT2D eigenvalue weighted by Gasteiger charge is 2.32. The smallest absolute Gasteiger partial charge is 0.260 e. The van der Waals surface area contributed by atoms with Crippen molar-refractivity contribution in [2.45, 2.75) is 50.1 Å². The van der Waals surface area contributed by atoms with Crippen molar-refractivity contribution < 1.29 is 14.3 Å². The number of fused-ring (bicyclic) bond motifs is 1. The Bertz CT molecular complexity index is 1300. The third kappa shape index (κ3) is 5.72. The fraction of sp³-hybridized carbons (Fsp3) is 0.357. The monoisotopic (exact) mass is 517 g/mol. The van der Waals surface area contributed by atoms with E-state index in [1.165, 1.54) is 12.0 Å². The molecule has 9 heteroatoms. The zero-order chi connectivity index (χ0) is 25.8. The Hall–Kier alpha value is -3.59. The fourth-order valence-electron chi connectivity index (χ4n) is 4.81. The molecule has 37 heavy (non-hydrogen) atoms. The topological polar surface area (TPSA) is 89.4 Å². The summed E-state index contributed by atoms with van der Waals surface area (Å²) >= 11 is 1.56. The number of amides is 1. The van der Waals surface area contributed by atoms with Crippen LogP contribution in [-0.4, -0.2) is 51.1 Å². The van der Waals surface area contributed by atoms with Crippen molar-refractivity contribution >= 4 is 29.4 Å². The SMILES string of the molecule is CC(=O)C1=C(C)Nc2nc(SCc3ccccc3)nn2C1c1ccc(OCC(=O)N2CCCCC2)cc1. The molecular weight excluding hydrogens is 486 g/mol. The number of thioether (sulfide) groups is 1. The summed E-state index contributed by atoms with van der Waals surface area (Å²) in [4.78, 5) is 31.7. The number of piperidine rings is 1. The number of allylic oxidation sites excluding steroid dienone is 2. The molecule has 0 radical (unpaired) electrons. The first-order valence-corrected chi connectivity index (χ1v) is 13.6. The second-order valence-corrected chi connectivity index (χ2v) is 10.3. The van der Waals surface area contributed by atoms with Crippen molar-refractivity contribution in [1.29, 1.82) is 0 Å². The van der Waals surface area contributed by atoms with Crippen LogP contribution in [0.4, 0.5) is 5.95 Å². The molecule has 2 aromatic carbocycles. The maximum atomic E-state index is 12.7. The number of hydrogen-bond acceptors (Lipinski definition) is 7. The number of benzene rings is 2. The molecule has 1 saturated heterocycles. The number of Topliss-reactive ketones (excluding diaryl/α,β-unsaturated/α-hetero) is 1. The predicted molar refractivity (Wildman–Crippen MR) is 144 cm³/mol. The van der Waals surface area contributed by atoms with Gasteiger partial charge in [0.05, 0.1) is 0 Å². The minimum Gasteiger partial charge on any atom is -0.484 e. The van der Waals surface area contributed by atoms with Crippen LogP contribution >= 0.6 is 11.8 Å². The zero-order valence-electron chi connectivity index (χ0n) is 21.1. The van der Waals surface area contributed by atoms with Crippen molar-refractivity contribution in [3.63, 3.8) is 0 Å². The maximum Gasteiger partial charge on any atom is 0.260 e. The van der Waals surface area contributed by atoms with Crippen LogP contribution < -0.4 is 10.1 Å². The van der Waals surface area contributed by atoms with E-state index in [1.807, 2.05) is 54.3 Å². The molecule has 1 N–H and O–H groups in total. The second kappa shape index (κ2) is 11.2. The lowest BCUT2D eigenvalue weighted by atomic mass is 9.93. The Morgan fingerprint density at radius 3 is 2.49 bits per heavy atom. The summed E-state index contributed by atoms with van der Waals surface area (Å²) in [6.07, 6.45) is 3.29. The lowest BCUT2D eigenvalue weighted by Crippen LogP contribution is -2.38. The number of rotatable bonds is 8. The van der Waals surface area contributed by atoms with E-state index in [-0.39, 0.29) is 18.3 Å². The average Bonchev–Trinajstić information content (AvgIpc) is 3.33. The van der Waals surface area contributed by atoms with Gasteiger partial charge in [-0.3, -0.25) is 9.59 Å². The molecule has 3 aromatic rings. The summed E-state index contributed by atoms with van der Waals surface area (Å²) < 4.78 is 7.57. The van der Waals surface area contributed by atoms with Gasteiger partial charge in [0.15, 0.2) is 12.4 Å². The second-order valence-electron chi connectivity index (χ2n) is 9.36. The molecule has 2 aliphatic heterocycles. The molecule has 3 heterocycles. The van der Waals surface area contributed by atoms with Crippen LogP contribution in [0.25, 0.3) is 0 Å². The Morgan fingerprint density at radius 1 is 1.05 bits per heavy atom. The van der Waals surface area contributed by atoms with Crippen LogP contribution in [-0.2, 0) is 15.3 Å². The van der Waals surface area contributed by atoms with E-state index < -0.39 is 6.04 Å². The molecule has 0 aliphatic carbocycles. The van der Waals surface area contributed by atoms with Gasteiger partial charge in [0.2, 0.25) is 11.1 Å². The largest absolute Gasteiger partial charge is 0.484 e. The Labute approximate surface area is 221 Å². The quantitative estimate of drug-likeness (QED) is 0.428. The summed E-state index contributed by atoms with van der Waals surface area (Å²) in [5, 5.41) is 8.66. The number of ketones is 1. The average molecular weight is 518 g/mol. The van der Waals surface area contributed by atoms with Gasteiger partial charge in [0, 0.05) is 30.1 Å². The van der Waals surface area contributed by atoms with Crippen molar-refractivity contribution in [2.24, 2.45) is 0 Å². The van der Waals surface area contributed by atoms with Gasteiger partial charge >= 0.3 is 0 Å². The molecule has 2 aliphatic rings. The van der Waals surface area contributed by atoms with Crippen molar-refractivity contribution in [2.75, 3.05) is 25.0 Å². The first-order valence-electron chi connectivity index (χ1n) is 12.6.